The summed E-state index contributed by atoms with van der Waals surface area (Å²) in [6, 6.07) is 0. The smallest absolute Gasteiger partial charge is 0.306 e. The van der Waals surface area contributed by atoms with Gasteiger partial charge in [0.05, 0.1) is 0 Å². The second-order valence-electron chi connectivity index (χ2n) is 21.6. The Morgan fingerprint density at radius 3 is 0.785 bits per heavy atom. The molecule has 6 heteroatoms. The van der Waals surface area contributed by atoms with Gasteiger partial charge in [0.2, 0.25) is 0 Å². The summed E-state index contributed by atoms with van der Waals surface area (Å²) in [7, 11) is 0. The Morgan fingerprint density at radius 2 is 0.494 bits per heavy atom. The number of rotatable bonds is 59. The van der Waals surface area contributed by atoms with Gasteiger partial charge in [0.1, 0.15) is 13.2 Å². The number of ether oxygens (including phenoxy) is 3. The Bertz CT molecular complexity index is 1640. The normalized spacial score (nSPS) is 12.9. The van der Waals surface area contributed by atoms with Crippen LogP contribution in [0.4, 0.5) is 0 Å². The highest BCUT2D eigenvalue weighted by Crippen LogP contribution is 2.15. The van der Waals surface area contributed by atoms with Gasteiger partial charge in [0.15, 0.2) is 6.10 Å². The molecule has 0 rings (SSSR count). The maximum Gasteiger partial charge on any atom is 0.306 e. The first-order valence-electron chi connectivity index (χ1n) is 33.0. The molecule has 1 unspecified atom stereocenters. The molecule has 0 spiro atoms. The van der Waals surface area contributed by atoms with Crippen LogP contribution in [0.5, 0.6) is 0 Å². The van der Waals surface area contributed by atoms with E-state index < -0.39 is 6.10 Å². The second kappa shape index (κ2) is 66.3. The molecule has 79 heavy (non-hydrogen) atoms. The fourth-order valence-electron chi connectivity index (χ4n) is 8.98. The number of hydrogen-bond acceptors (Lipinski definition) is 6. The van der Waals surface area contributed by atoms with Crippen LogP contribution in [0, 0.1) is 0 Å². The van der Waals surface area contributed by atoms with Crippen LogP contribution >= 0.6 is 0 Å². The van der Waals surface area contributed by atoms with Gasteiger partial charge in [-0.05, 0) is 135 Å². The molecular weight excluding hydrogens is 973 g/mol. The number of hydrogen-bond donors (Lipinski definition) is 0. The van der Waals surface area contributed by atoms with Crippen molar-refractivity contribution in [2.45, 2.75) is 309 Å². The number of carbonyl (C=O) groups excluding carboxylic acids is 3. The van der Waals surface area contributed by atoms with E-state index in [1.807, 2.05) is 0 Å². The minimum atomic E-state index is -0.798. The molecule has 0 radical (unpaired) electrons. The molecule has 0 N–H and O–H groups in total. The molecule has 0 saturated heterocycles. The molecule has 450 valence electrons. The molecule has 0 saturated carbocycles. The van der Waals surface area contributed by atoms with E-state index in [2.05, 4.69) is 142 Å². The summed E-state index contributed by atoms with van der Waals surface area (Å²) in [5.41, 5.74) is 0. The van der Waals surface area contributed by atoms with Gasteiger partial charge < -0.3 is 14.2 Å². The predicted octanol–water partition coefficient (Wildman–Crippen LogP) is 22.8. The van der Waals surface area contributed by atoms with Crippen LogP contribution in [0.2, 0.25) is 0 Å². The summed E-state index contributed by atoms with van der Waals surface area (Å²) in [4.78, 5) is 38.3. The average Bonchev–Trinajstić information content (AvgIpc) is 3.45. The molecule has 1 atom stereocenters. The fraction of sp³-hybridized carbons (Fsp3) is 0.685. The van der Waals surface area contributed by atoms with Crippen molar-refractivity contribution in [3.05, 3.63) is 122 Å². The van der Waals surface area contributed by atoms with E-state index in [-0.39, 0.29) is 31.1 Å². The average molecular weight is 1100 g/mol. The number of esters is 3. The third-order valence-electron chi connectivity index (χ3n) is 13.9. The fourth-order valence-corrected chi connectivity index (χ4v) is 8.98. The zero-order chi connectivity index (χ0) is 57.1. The van der Waals surface area contributed by atoms with Crippen molar-refractivity contribution in [2.75, 3.05) is 13.2 Å². The first kappa shape index (κ1) is 74.8. The molecule has 0 aromatic carbocycles. The van der Waals surface area contributed by atoms with Gasteiger partial charge >= 0.3 is 17.9 Å². The lowest BCUT2D eigenvalue weighted by atomic mass is 10.1. The monoisotopic (exact) mass is 1090 g/mol. The first-order chi connectivity index (χ1) is 39.0. The molecule has 0 fully saturated rings. The lowest BCUT2D eigenvalue weighted by Gasteiger charge is -2.18. The number of allylic oxidation sites excluding steroid dienone is 20. The minimum absolute atomic E-state index is 0.0933. The molecule has 0 aliphatic heterocycles. The molecule has 0 aromatic heterocycles. The van der Waals surface area contributed by atoms with E-state index in [4.69, 9.17) is 14.2 Å². The van der Waals surface area contributed by atoms with Gasteiger partial charge in [-0.3, -0.25) is 14.4 Å². The van der Waals surface area contributed by atoms with Crippen LogP contribution < -0.4 is 0 Å². The lowest BCUT2D eigenvalue weighted by Crippen LogP contribution is -2.30. The third-order valence-corrected chi connectivity index (χ3v) is 13.9. The van der Waals surface area contributed by atoms with Crippen molar-refractivity contribution in [1.82, 2.24) is 0 Å². The Balaban J connectivity index is 4.41. The summed E-state index contributed by atoms with van der Waals surface area (Å²) in [5, 5.41) is 0. The summed E-state index contributed by atoms with van der Waals surface area (Å²) in [5.74, 6) is -0.925. The van der Waals surface area contributed by atoms with E-state index in [0.717, 1.165) is 128 Å². The Morgan fingerprint density at radius 1 is 0.266 bits per heavy atom. The van der Waals surface area contributed by atoms with E-state index in [1.54, 1.807) is 0 Å². The highest BCUT2D eigenvalue weighted by atomic mass is 16.6. The molecule has 0 heterocycles. The summed E-state index contributed by atoms with van der Waals surface area (Å²) >= 11 is 0. The topological polar surface area (TPSA) is 78.9 Å². The third kappa shape index (κ3) is 64.5. The van der Waals surface area contributed by atoms with Crippen LogP contribution in [0.1, 0.15) is 303 Å². The molecule has 6 nitrogen and oxygen atoms in total. The van der Waals surface area contributed by atoms with Crippen LogP contribution in [-0.2, 0) is 28.6 Å². The zero-order valence-corrected chi connectivity index (χ0v) is 51.6. The van der Waals surface area contributed by atoms with E-state index in [9.17, 15) is 14.4 Å². The van der Waals surface area contributed by atoms with Crippen molar-refractivity contribution in [1.29, 1.82) is 0 Å². The van der Waals surface area contributed by atoms with Crippen LogP contribution in [-0.4, -0.2) is 37.2 Å². The van der Waals surface area contributed by atoms with Crippen molar-refractivity contribution < 1.29 is 28.6 Å². The number of unbranched alkanes of at least 4 members (excludes halogenated alkanes) is 28. The predicted molar refractivity (Wildman–Crippen MR) is 343 cm³/mol. The molecular formula is C73H122O6. The van der Waals surface area contributed by atoms with Gasteiger partial charge in [-0.2, -0.15) is 0 Å². The SMILES string of the molecule is CC/C=C\C/C=C\C/C=C\C/C=C\C/C=C\C/C=C\C/C=C\C/C=C\CCCCCCC(=O)OCC(COC(=O)CCCCCCC/C=C\CCCCCCCC)OC(=O)CCCCCCCCC/C=C\CCCCCCCC. The molecule has 0 bridgehead atoms. The van der Waals surface area contributed by atoms with Crippen LogP contribution in [0.15, 0.2) is 122 Å². The molecule has 0 amide bonds. The van der Waals surface area contributed by atoms with E-state index >= 15 is 0 Å². The Kier molecular flexibility index (Phi) is 62.8. The summed E-state index contributed by atoms with van der Waals surface area (Å²) in [6.45, 7) is 6.50. The first-order valence-corrected chi connectivity index (χ1v) is 33.0. The minimum Gasteiger partial charge on any atom is -0.462 e. The van der Waals surface area contributed by atoms with Crippen molar-refractivity contribution in [2.24, 2.45) is 0 Å². The maximum atomic E-state index is 12.9. The summed E-state index contributed by atoms with van der Waals surface area (Å²) < 4.78 is 16.9. The van der Waals surface area contributed by atoms with Crippen molar-refractivity contribution >= 4 is 17.9 Å². The van der Waals surface area contributed by atoms with Gasteiger partial charge in [-0.15, -0.1) is 0 Å². The second-order valence-corrected chi connectivity index (χ2v) is 21.6. The summed E-state index contributed by atoms with van der Waals surface area (Å²) in [6.07, 6.45) is 92.0. The zero-order valence-electron chi connectivity index (χ0n) is 51.6. The molecule has 0 aliphatic carbocycles. The standard InChI is InChI=1S/C73H122O6/c1-4-7-10-13-16-19-22-25-28-30-31-32-33-34-35-36-37-38-39-40-41-43-45-48-51-54-57-60-63-66-72(75)78-69-70(68-77-71(74)65-62-59-56-53-50-47-44-27-24-21-18-15-12-9-6-3)79-73(76)67-64-61-58-55-52-49-46-42-29-26-23-20-17-14-11-8-5-2/h7,10,16,19,25-29,31-32,34-35,37-38,40-41,44-45,48,70H,4-6,8-9,11-15,17-18,20-24,30,33,36,39,42-43,46-47,49-69H2,1-3H3/b10-7-,19-16-,28-25-,29-26-,32-31-,35-34-,38-37-,41-40-,44-27-,48-45-. The Hall–Kier alpha value is -4.19. The van der Waals surface area contributed by atoms with Crippen molar-refractivity contribution in [3.8, 4) is 0 Å². The van der Waals surface area contributed by atoms with E-state index in [0.29, 0.717) is 19.3 Å². The quantitative estimate of drug-likeness (QED) is 0.0261. The van der Waals surface area contributed by atoms with Gasteiger partial charge in [-0.1, -0.05) is 271 Å². The van der Waals surface area contributed by atoms with E-state index in [1.165, 1.54) is 135 Å². The Labute approximate surface area is 488 Å². The van der Waals surface area contributed by atoms with Gasteiger partial charge in [-0.25, -0.2) is 0 Å². The largest absolute Gasteiger partial charge is 0.462 e. The highest BCUT2D eigenvalue weighted by Gasteiger charge is 2.19. The van der Waals surface area contributed by atoms with Crippen LogP contribution in [0.3, 0.4) is 0 Å². The van der Waals surface area contributed by atoms with Crippen LogP contribution in [0.25, 0.3) is 0 Å². The van der Waals surface area contributed by atoms with Crippen molar-refractivity contribution in [3.63, 3.8) is 0 Å². The maximum absolute atomic E-state index is 12.9. The van der Waals surface area contributed by atoms with Gasteiger partial charge in [0.25, 0.3) is 0 Å². The molecule has 0 aromatic rings. The highest BCUT2D eigenvalue weighted by molar-refractivity contribution is 5.71. The lowest BCUT2D eigenvalue weighted by molar-refractivity contribution is -0.167. The molecule has 0 aliphatic rings. The number of carbonyl (C=O) groups is 3. The van der Waals surface area contributed by atoms with Gasteiger partial charge in [0, 0.05) is 19.3 Å².